The van der Waals surface area contributed by atoms with Crippen LogP contribution < -0.4 is 5.32 Å². The fourth-order valence-corrected chi connectivity index (χ4v) is 3.29. The van der Waals surface area contributed by atoms with Gasteiger partial charge >= 0.3 is 0 Å². The van der Waals surface area contributed by atoms with Gasteiger partial charge in [0.15, 0.2) is 0 Å². The lowest BCUT2D eigenvalue weighted by molar-refractivity contribution is 0.0955. The second-order valence-electron chi connectivity index (χ2n) is 4.71. The summed E-state index contributed by atoms with van der Waals surface area (Å²) >= 11 is 4.79. The van der Waals surface area contributed by atoms with Crippen molar-refractivity contribution < 1.29 is 4.79 Å². The Labute approximate surface area is 124 Å². The van der Waals surface area contributed by atoms with Gasteiger partial charge in [-0.3, -0.25) is 9.78 Å². The third kappa shape index (κ3) is 3.22. The normalized spacial score (nSPS) is 14.4. The Kier molecular flexibility index (Phi) is 3.66. The molecule has 5 heteroatoms. The van der Waals surface area contributed by atoms with Crippen molar-refractivity contribution in [2.24, 2.45) is 0 Å². The molecule has 0 saturated heterocycles. The molecule has 0 unspecified atom stereocenters. The van der Waals surface area contributed by atoms with Crippen LogP contribution in [-0.4, -0.2) is 10.9 Å². The van der Waals surface area contributed by atoms with Crippen LogP contribution in [0.1, 0.15) is 39.6 Å². The number of carbonyl (C=O) groups excluding carboxylic acids is 1. The summed E-state index contributed by atoms with van der Waals surface area (Å²) in [5.41, 5.74) is 2.36. The molecule has 0 atom stereocenters. The monoisotopic (exact) mass is 336 g/mol. The average molecular weight is 337 g/mol. The lowest BCUT2D eigenvalue weighted by Gasteiger charge is -2.05. The number of hydrogen-bond donors (Lipinski definition) is 1. The van der Waals surface area contributed by atoms with Crippen LogP contribution in [0.3, 0.4) is 0 Å². The summed E-state index contributed by atoms with van der Waals surface area (Å²) in [4.78, 5) is 16.9. The summed E-state index contributed by atoms with van der Waals surface area (Å²) in [5.74, 6) is 0.656. The number of aromatic nitrogens is 1. The van der Waals surface area contributed by atoms with Crippen molar-refractivity contribution in [1.29, 1.82) is 0 Å². The van der Waals surface area contributed by atoms with Crippen molar-refractivity contribution in [2.75, 3.05) is 0 Å². The molecular formula is C14H13BrN2OS. The molecule has 1 fully saturated rings. The van der Waals surface area contributed by atoms with Gasteiger partial charge in [-0.05, 0) is 51.9 Å². The fraction of sp³-hybridized carbons (Fsp3) is 0.286. The molecule has 0 aliphatic heterocycles. The number of pyridine rings is 1. The van der Waals surface area contributed by atoms with Gasteiger partial charge in [-0.15, -0.1) is 11.3 Å². The summed E-state index contributed by atoms with van der Waals surface area (Å²) in [6.07, 6.45) is 6.28. The minimum absolute atomic E-state index is 0.0347. The van der Waals surface area contributed by atoms with Crippen molar-refractivity contribution in [3.05, 3.63) is 50.4 Å². The highest BCUT2D eigenvalue weighted by Crippen LogP contribution is 2.39. The van der Waals surface area contributed by atoms with Gasteiger partial charge in [-0.25, -0.2) is 0 Å². The molecular weight excluding hydrogens is 324 g/mol. The van der Waals surface area contributed by atoms with Crippen molar-refractivity contribution in [1.82, 2.24) is 10.3 Å². The van der Waals surface area contributed by atoms with Crippen LogP contribution >= 0.6 is 27.3 Å². The number of hydrogen-bond acceptors (Lipinski definition) is 3. The zero-order valence-corrected chi connectivity index (χ0v) is 12.6. The predicted octanol–water partition coefficient (Wildman–Crippen LogP) is 3.71. The molecule has 98 valence electrons. The first-order valence-corrected chi connectivity index (χ1v) is 7.85. The second-order valence-corrected chi connectivity index (χ2v) is 6.54. The van der Waals surface area contributed by atoms with Gasteiger partial charge < -0.3 is 5.32 Å². The van der Waals surface area contributed by atoms with Crippen LogP contribution in [0.15, 0.2) is 34.4 Å². The largest absolute Gasteiger partial charge is 0.347 e. The number of amides is 1. The van der Waals surface area contributed by atoms with E-state index in [9.17, 15) is 4.79 Å². The van der Waals surface area contributed by atoms with E-state index in [0.29, 0.717) is 12.5 Å². The third-order valence-electron chi connectivity index (χ3n) is 3.11. The van der Waals surface area contributed by atoms with E-state index < -0.39 is 0 Å². The summed E-state index contributed by atoms with van der Waals surface area (Å²) < 4.78 is 0.944. The first kappa shape index (κ1) is 12.8. The Hall–Kier alpha value is -1.20. The second kappa shape index (κ2) is 5.43. The lowest BCUT2D eigenvalue weighted by atomic mass is 10.1. The van der Waals surface area contributed by atoms with E-state index in [4.69, 9.17) is 0 Å². The Bertz CT molecular complexity index is 607. The molecule has 1 N–H and O–H groups in total. The smallest absolute Gasteiger partial charge is 0.261 e. The van der Waals surface area contributed by atoms with Crippen LogP contribution in [0.2, 0.25) is 0 Å². The van der Waals surface area contributed by atoms with Gasteiger partial charge in [0.25, 0.3) is 5.91 Å². The van der Waals surface area contributed by atoms with E-state index in [2.05, 4.69) is 32.3 Å². The maximum Gasteiger partial charge on any atom is 0.261 e. The highest BCUT2D eigenvalue weighted by molar-refractivity contribution is 9.10. The van der Waals surface area contributed by atoms with Crippen LogP contribution in [0.25, 0.3) is 0 Å². The predicted molar refractivity (Wildman–Crippen MR) is 79.4 cm³/mol. The number of nitrogens with one attached hydrogen (secondary N) is 1. The molecule has 0 spiro atoms. The molecule has 0 radical (unpaired) electrons. The van der Waals surface area contributed by atoms with Gasteiger partial charge in [0.1, 0.15) is 0 Å². The van der Waals surface area contributed by atoms with Crippen molar-refractivity contribution >= 4 is 33.2 Å². The van der Waals surface area contributed by atoms with Gasteiger partial charge in [-0.1, -0.05) is 6.07 Å². The number of carbonyl (C=O) groups is 1. The first-order chi connectivity index (χ1) is 9.22. The highest BCUT2D eigenvalue weighted by atomic mass is 79.9. The van der Waals surface area contributed by atoms with E-state index in [0.717, 1.165) is 14.9 Å². The van der Waals surface area contributed by atoms with Gasteiger partial charge in [0.2, 0.25) is 0 Å². The maximum absolute atomic E-state index is 11.9. The molecule has 1 amide bonds. The topological polar surface area (TPSA) is 42.0 Å². The minimum Gasteiger partial charge on any atom is -0.347 e. The van der Waals surface area contributed by atoms with Crippen molar-refractivity contribution in [3.63, 3.8) is 0 Å². The number of thiophene rings is 1. The van der Waals surface area contributed by atoms with Crippen molar-refractivity contribution in [3.8, 4) is 0 Å². The molecule has 2 aromatic rings. The first-order valence-electron chi connectivity index (χ1n) is 6.18. The molecule has 3 nitrogen and oxygen atoms in total. The van der Waals surface area contributed by atoms with Crippen LogP contribution in [0.4, 0.5) is 0 Å². The molecule has 2 aromatic heterocycles. The molecule has 1 saturated carbocycles. The Morgan fingerprint density at radius 3 is 2.95 bits per heavy atom. The number of halogens is 1. The summed E-state index contributed by atoms with van der Waals surface area (Å²) in [5, 5.41) is 4.83. The highest BCUT2D eigenvalue weighted by Gasteiger charge is 2.23. The average Bonchev–Trinajstić information content (AvgIpc) is 3.19. The van der Waals surface area contributed by atoms with Gasteiger partial charge in [-0.2, -0.15) is 0 Å². The van der Waals surface area contributed by atoms with Crippen LogP contribution in [-0.2, 0) is 6.54 Å². The third-order valence-corrected chi connectivity index (χ3v) is 4.80. The molecule has 0 aromatic carbocycles. The molecule has 1 aliphatic rings. The summed E-state index contributed by atoms with van der Waals surface area (Å²) in [6, 6.07) is 3.98. The van der Waals surface area contributed by atoms with Crippen LogP contribution in [0.5, 0.6) is 0 Å². The quantitative estimate of drug-likeness (QED) is 0.924. The summed E-state index contributed by atoms with van der Waals surface area (Å²) in [7, 11) is 0. The number of nitrogens with zero attached hydrogens (tertiary/aromatic N) is 1. The molecule has 1 aliphatic carbocycles. The molecule has 19 heavy (non-hydrogen) atoms. The van der Waals surface area contributed by atoms with Gasteiger partial charge in [0, 0.05) is 28.8 Å². The Morgan fingerprint density at radius 2 is 2.26 bits per heavy atom. The van der Waals surface area contributed by atoms with E-state index in [1.165, 1.54) is 29.7 Å². The van der Waals surface area contributed by atoms with E-state index in [1.807, 2.05) is 23.8 Å². The fourth-order valence-electron chi connectivity index (χ4n) is 1.95. The van der Waals surface area contributed by atoms with Crippen LogP contribution in [0, 0.1) is 0 Å². The Balaban J connectivity index is 1.62. The molecule has 3 rings (SSSR count). The Morgan fingerprint density at radius 1 is 1.42 bits per heavy atom. The zero-order chi connectivity index (χ0) is 13.2. The van der Waals surface area contributed by atoms with Crippen molar-refractivity contribution in [2.45, 2.75) is 25.3 Å². The van der Waals surface area contributed by atoms with E-state index in [-0.39, 0.29) is 5.91 Å². The minimum atomic E-state index is -0.0347. The number of rotatable bonds is 4. The SMILES string of the molecule is O=C(NCc1cncc(C2CC2)c1)c1cc(Br)cs1. The molecule has 2 heterocycles. The molecule has 0 bridgehead atoms. The zero-order valence-electron chi connectivity index (χ0n) is 10.2. The van der Waals surface area contributed by atoms with E-state index in [1.54, 1.807) is 0 Å². The van der Waals surface area contributed by atoms with E-state index >= 15 is 0 Å². The summed E-state index contributed by atoms with van der Waals surface area (Å²) in [6.45, 7) is 0.530. The maximum atomic E-state index is 11.9. The lowest BCUT2D eigenvalue weighted by Crippen LogP contribution is -2.21. The van der Waals surface area contributed by atoms with Gasteiger partial charge in [0.05, 0.1) is 4.88 Å². The standard InChI is InChI=1S/C14H13BrN2OS/c15-12-4-13(19-8-12)14(18)17-6-9-3-11(7-16-5-9)10-1-2-10/h3-5,7-8,10H,1-2,6H2,(H,17,18).